The number of ether oxygens (including phenoxy) is 1. The number of anilines is 1. The summed E-state index contributed by atoms with van der Waals surface area (Å²) in [5.74, 6) is 1.17. The van der Waals surface area contributed by atoms with Crippen LogP contribution >= 0.6 is 0 Å². The van der Waals surface area contributed by atoms with Crippen LogP contribution in [-0.2, 0) is 16.6 Å². The van der Waals surface area contributed by atoms with Crippen LogP contribution in [0, 0.1) is 12.8 Å². The average molecular weight is 301 g/mol. The molecule has 0 bridgehead atoms. The third-order valence-corrected chi connectivity index (χ3v) is 4.75. The molecule has 5 heteroatoms. The molecule has 1 fully saturated rings. The van der Waals surface area contributed by atoms with E-state index in [0.717, 1.165) is 48.2 Å². The Balaban J connectivity index is 1.69. The van der Waals surface area contributed by atoms with Crippen molar-refractivity contribution in [2.45, 2.75) is 38.7 Å². The fourth-order valence-corrected chi connectivity index (χ4v) is 3.20. The lowest BCUT2D eigenvalue weighted by Gasteiger charge is -2.26. The van der Waals surface area contributed by atoms with Crippen LogP contribution in [-0.4, -0.2) is 28.7 Å². The maximum absolute atomic E-state index is 12.4. The Morgan fingerprint density at radius 1 is 1.32 bits per heavy atom. The van der Waals surface area contributed by atoms with Crippen LogP contribution < -0.4 is 5.32 Å². The first-order valence-electron chi connectivity index (χ1n) is 7.85. The molecule has 1 amide bonds. The zero-order valence-electron chi connectivity index (χ0n) is 13.4. The van der Waals surface area contributed by atoms with Gasteiger partial charge in [0.15, 0.2) is 0 Å². The summed E-state index contributed by atoms with van der Waals surface area (Å²) in [5.41, 5.74) is 2.82. The predicted octanol–water partition coefficient (Wildman–Crippen LogP) is 3.03. The molecule has 5 nitrogen and oxygen atoms in total. The van der Waals surface area contributed by atoms with Gasteiger partial charge in [-0.3, -0.25) is 4.79 Å². The highest BCUT2D eigenvalue weighted by Gasteiger charge is 2.26. The Hall–Kier alpha value is -1.88. The molecule has 1 aliphatic rings. The highest BCUT2D eigenvalue weighted by Crippen LogP contribution is 2.27. The number of amides is 1. The number of nitrogens with one attached hydrogen (secondary N) is 1. The molecule has 1 heterocycles. The summed E-state index contributed by atoms with van der Waals surface area (Å²) in [5, 5.41) is 3.04. The van der Waals surface area contributed by atoms with E-state index < -0.39 is 0 Å². The summed E-state index contributed by atoms with van der Waals surface area (Å²) in [6, 6.07) is 5.90. The first-order chi connectivity index (χ1) is 10.6. The maximum atomic E-state index is 12.4. The third kappa shape index (κ3) is 2.86. The molecular weight excluding hydrogens is 278 g/mol. The SMILES string of the molecule is COC1CCC(C(=O)Nc2ccc3c(c2)nc(C)n3C)CC1. The van der Waals surface area contributed by atoms with Crippen molar-refractivity contribution in [1.29, 1.82) is 0 Å². The summed E-state index contributed by atoms with van der Waals surface area (Å²) in [4.78, 5) is 16.9. The van der Waals surface area contributed by atoms with Crippen molar-refractivity contribution in [3.63, 3.8) is 0 Å². The van der Waals surface area contributed by atoms with Crippen molar-refractivity contribution in [1.82, 2.24) is 9.55 Å². The molecule has 0 radical (unpaired) electrons. The molecule has 22 heavy (non-hydrogen) atoms. The number of aromatic nitrogens is 2. The molecule has 1 aromatic heterocycles. The van der Waals surface area contributed by atoms with Crippen molar-refractivity contribution < 1.29 is 9.53 Å². The molecule has 3 rings (SSSR count). The van der Waals surface area contributed by atoms with Gasteiger partial charge >= 0.3 is 0 Å². The topological polar surface area (TPSA) is 56.1 Å². The van der Waals surface area contributed by atoms with E-state index in [2.05, 4.69) is 10.3 Å². The quantitative estimate of drug-likeness (QED) is 0.948. The van der Waals surface area contributed by atoms with Crippen molar-refractivity contribution in [3.8, 4) is 0 Å². The fourth-order valence-electron chi connectivity index (χ4n) is 3.20. The van der Waals surface area contributed by atoms with E-state index in [9.17, 15) is 4.79 Å². The molecule has 1 N–H and O–H groups in total. The van der Waals surface area contributed by atoms with Gasteiger partial charge in [-0.05, 0) is 50.8 Å². The standard InChI is InChI=1S/C17H23N3O2/c1-11-18-15-10-13(6-9-16(15)20(11)2)19-17(21)12-4-7-14(22-3)8-5-12/h6,9-10,12,14H,4-5,7-8H2,1-3H3,(H,19,21). The number of rotatable bonds is 3. The highest BCUT2D eigenvalue weighted by atomic mass is 16.5. The second kappa shape index (κ2) is 6.08. The zero-order chi connectivity index (χ0) is 15.7. The first kappa shape index (κ1) is 15.0. The van der Waals surface area contributed by atoms with Gasteiger partial charge in [-0.2, -0.15) is 0 Å². The Bertz CT molecular complexity index is 685. The number of methoxy groups -OCH3 is 1. The zero-order valence-corrected chi connectivity index (χ0v) is 13.4. The monoisotopic (exact) mass is 301 g/mol. The van der Waals surface area contributed by atoms with Crippen molar-refractivity contribution in [2.75, 3.05) is 12.4 Å². The maximum Gasteiger partial charge on any atom is 0.227 e. The summed E-state index contributed by atoms with van der Waals surface area (Å²) in [7, 11) is 3.74. The molecule has 1 saturated carbocycles. The number of aryl methyl sites for hydroxylation is 2. The Labute approximate surface area is 130 Å². The number of fused-ring (bicyclic) bond motifs is 1. The fraction of sp³-hybridized carbons (Fsp3) is 0.529. The average Bonchev–Trinajstić information content (AvgIpc) is 2.81. The van der Waals surface area contributed by atoms with Gasteiger partial charge in [0.1, 0.15) is 5.82 Å². The minimum atomic E-state index is 0.0903. The second-order valence-corrected chi connectivity index (χ2v) is 6.12. The van der Waals surface area contributed by atoms with Gasteiger partial charge in [-0.25, -0.2) is 4.98 Å². The predicted molar refractivity (Wildman–Crippen MR) is 86.8 cm³/mol. The van der Waals surface area contributed by atoms with Gasteiger partial charge in [0.05, 0.1) is 17.1 Å². The van der Waals surface area contributed by atoms with Crippen LogP contribution in [0.3, 0.4) is 0 Å². The van der Waals surface area contributed by atoms with Crippen LogP contribution in [0.25, 0.3) is 11.0 Å². The Kier molecular flexibility index (Phi) is 4.16. The summed E-state index contributed by atoms with van der Waals surface area (Å²) in [6.45, 7) is 1.98. The van der Waals surface area contributed by atoms with Gasteiger partial charge < -0.3 is 14.6 Å². The van der Waals surface area contributed by atoms with E-state index >= 15 is 0 Å². The molecule has 0 saturated heterocycles. The van der Waals surface area contributed by atoms with Gasteiger partial charge in [-0.1, -0.05) is 0 Å². The summed E-state index contributed by atoms with van der Waals surface area (Å²) >= 11 is 0. The number of carbonyl (C=O) groups excluding carboxylic acids is 1. The van der Waals surface area contributed by atoms with E-state index in [1.807, 2.05) is 36.7 Å². The van der Waals surface area contributed by atoms with Gasteiger partial charge in [0.2, 0.25) is 5.91 Å². The van der Waals surface area contributed by atoms with Crippen molar-refractivity contribution in [2.24, 2.45) is 13.0 Å². The van der Waals surface area contributed by atoms with Gasteiger partial charge in [0.25, 0.3) is 0 Å². The van der Waals surface area contributed by atoms with Crippen LogP contribution in [0.1, 0.15) is 31.5 Å². The Morgan fingerprint density at radius 2 is 2.05 bits per heavy atom. The summed E-state index contributed by atoms with van der Waals surface area (Å²) < 4.78 is 7.41. The van der Waals surface area contributed by atoms with E-state index in [-0.39, 0.29) is 11.8 Å². The van der Waals surface area contributed by atoms with Gasteiger partial charge in [0, 0.05) is 25.8 Å². The number of benzene rings is 1. The van der Waals surface area contributed by atoms with Crippen LogP contribution in [0.5, 0.6) is 0 Å². The summed E-state index contributed by atoms with van der Waals surface area (Å²) in [6.07, 6.45) is 4.04. The number of carbonyl (C=O) groups is 1. The molecule has 1 aliphatic carbocycles. The minimum absolute atomic E-state index is 0.0903. The molecule has 0 spiro atoms. The largest absolute Gasteiger partial charge is 0.381 e. The second-order valence-electron chi connectivity index (χ2n) is 6.12. The van der Waals surface area contributed by atoms with Crippen molar-refractivity contribution >= 4 is 22.6 Å². The van der Waals surface area contributed by atoms with Crippen LogP contribution in [0.4, 0.5) is 5.69 Å². The highest BCUT2D eigenvalue weighted by molar-refractivity contribution is 5.94. The molecule has 118 valence electrons. The Morgan fingerprint density at radius 3 is 2.73 bits per heavy atom. The lowest BCUT2D eigenvalue weighted by atomic mass is 9.87. The molecular formula is C17H23N3O2. The van der Waals surface area contributed by atoms with E-state index in [0.29, 0.717) is 6.10 Å². The molecule has 0 atom stereocenters. The van der Waals surface area contributed by atoms with E-state index in [1.54, 1.807) is 7.11 Å². The lowest BCUT2D eigenvalue weighted by molar-refractivity contribution is -0.121. The number of hydrogen-bond acceptors (Lipinski definition) is 3. The minimum Gasteiger partial charge on any atom is -0.381 e. The number of hydrogen-bond donors (Lipinski definition) is 1. The number of imidazole rings is 1. The normalized spacial score (nSPS) is 22.0. The van der Waals surface area contributed by atoms with Crippen LogP contribution in [0.2, 0.25) is 0 Å². The van der Waals surface area contributed by atoms with Crippen molar-refractivity contribution in [3.05, 3.63) is 24.0 Å². The third-order valence-electron chi connectivity index (χ3n) is 4.75. The van der Waals surface area contributed by atoms with E-state index in [4.69, 9.17) is 4.74 Å². The molecule has 1 aromatic carbocycles. The van der Waals surface area contributed by atoms with Crippen LogP contribution in [0.15, 0.2) is 18.2 Å². The van der Waals surface area contributed by atoms with E-state index in [1.165, 1.54) is 0 Å². The van der Waals surface area contributed by atoms with Gasteiger partial charge in [-0.15, -0.1) is 0 Å². The molecule has 0 unspecified atom stereocenters. The lowest BCUT2D eigenvalue weighted by Crippen LogP contribution is -2.29. The number of nitrogens with zero attached hydrogens (tertiary/aromatic N) is 2. The molecule has 2 aromatic rings. The smallest absolute Gasteiger partial charge is 0.227 e. The molecule has 0 aliphatic heterocycles. The first-order valence-corrected chi connectivity index (χ1v) is 7.85.